The first kappa shape index (κ1) is 20.0. The van der Waals surface area contributed by atoms with Crippen LogP contribution in [0.2, 0.25) is 0 Å². The van der Waals surface area contributed by atoms with Crippen LogP contribution in [0.3, 0.4) is 0 Å². The number of para-hydroxylation sites is 1. The van der Waals surface area contributed by atoms with Crippen molar-refractivity contribution >= 4 is 17.4 Å². The normalized spacial score (nSPS) is 16.4. The number of anilines is 1. The average Bonchev–Trinajstić information content (AvgIpc) is 3.24. The molecule has 1 aliphatic heterocycles. The van der Waals surface area contributed by atoms with Gasteiger partial charge in [-0.3, -0.25) is 14.5 Å². The van der Waals surface area contributed by atoms with E-state index in [1.54, 1.807) is 42.5 Å². The predicted molar refractivity (Wildman–Crippen MR) is 115 cm³/mol. The zero-order chi connectivity index (χ0) is 20.9. The molecule has 0 saturated carbocycles. The van der Waals surface area contributed by atoms with Crippen molar-refractivity contribution in [2.24, 2.45) is 0 Å². The maximum absolute atomic E-state index is 13.2. The lowest BCUT2D eigenvalue weighted by atomic mass is 10.0. The summed E-state index contributed by atoms with van der Waals surface area (Å²) in [6.45, 7) is 1.39. The molecular formula is C25H23FN2O2. The van der Waals surface area contributed by atoms with Crippen molar-refractivity contribution < 1.29 is 14.0 Å². The lowest BCUT2D eigenvalue weighted by Crippen LogP contribution is -2.39. The van der Waals surface area contributed by atoms with E-state index in [1.807, 2.05) is 24.3 Å². The Morgan fingerprint density at radius 2 is 1.63 bits per heavy atom. The van der Waals surface area contributed by atoms with E-state index in [0.29, 0.717) is 23.4 Å². The zero-order valence-electron chi connectivity index (χ0n) is 16.6. The van der Waals surface area contributed by atoms with Gasteiger partial charge < -0.3 is 5.32 Å². The molecule has 152 valence electrons. The smallest absolute Gasteiger partial charge is 0.241 e. The summed E-state index contributed by atoms with van der Waals surface area (Å²) in [6.07, 6.45) is 1.67. The molecule has 0 spiro atoms. The number of carbonyl (C=O) groups excluding carboxylic acids is 2. The largest absolute Gasteiger partial charge is 0.324 e. The second-order valence-corrected chi connectivity index (χ2v) is 7.48. The van der Waals surface area contributed by atoms with Crippen molar-refractivity contribution in [1.82, 2.24) is 4.90 Å². The summed E-state index contributed by atoms with van der Waals surface area (Å²) < 4.78 is 13.2. The Morgan fingerprint density at radius 3 is 2.40 bits per heavy atom. The van der Waals surface area contributed by atoms with Gasteiger partial charge in [0.25, 0.3) is 0 Å². The summed E-state index contributed by atoms with van der Waals surface area (Å²) in [5.74, 6) is -0.516. The summed E-state index contributed by atoms with van der Waals surface area (Å²) in [5.41, 5.74) is 2.54. The van der Waals surface area contributed by atoms with E-state index in [0.717, 1.165) is 24.9 Å². The molecule has 0 aromatic heterocycles. The summed E-state index contributed by atoms with van der Waals surface area (Å²) in [4.78, 5) is 28.1. The Kier molecular flexibility index (Phi) is 6.00. The average molecular weight is 402 g/mol. The number of amides is 1. The molecule has 1 saturated heterocycles. The van der Waals surface area contributed by atoms with Crippen molar-refractivity contribution in [3.05, 3.63) is 101 Å². The number of hydrogen-bond acceptors (Lipinski definition) is 3. The van der Waals surface area contributed by atoms with Crippen molar-refractivity contribution in [2.45, 2.75) is 25.4 Å². The Morgan fingerprint density at radius 1 is 0.933 bits per heavy atom. The Bertz CT molecular complexity index is 1030. The second kappa shape index (κ2) is 9.01. The van der Waals surface area contributed by atoms with Crippen LogP contribution in [0.1, 0.15) is 34.3 Å². The van der Waals surface area contributed by atoms with Crippen molar-refractivity contribution in [1.29, 1.82) is 0 Å². The van der Waals surface area contributed by atoms with Gasteiger partial charge in [-0.2, -0.15) is 0 Å². The highest BCUT2D eigenvalue weighted by Crippen LogP contribution is 2.24. The highest BCUT2D eigenvalue weighted by molar-refractivity contribution is 6.14. The molecule has 3 aromatic carbocycles. The molecule has 1 aliphatic rings. The van der Waals surface area contributed by atoms with E-state index < -0.39 is 0 Å². The first-order chi connectivity index (χ1) is 14.6. The minimum atomic E-state index is -0.282. The quantitative estimate of drug-likeness (QED) is 0.610. The number of likely N-dealkylation sites (tertiary alicyclic amines) is 1. The second-order valence-electron chi connectivity index (χ2n) is 7.48. The summed E-state index contributed by atoms with van der Waals surface area (Å²) in [6, 6.07) is 22.2. The van der Waals surface area contributed by atoms with Gasteiger partial charge in [-0.25, -0.2) is 4.39 Å². The maximum Gasteiger partial charge on any atom is 0.241 e. The number of halogens is 1. The van der Waals surface area contributed by atoms with Gasteiger partial charge >= 0.3 is 0 Å². The third-order valence-electron chi connectivity index (χ3n) is 5.43. The van der Waals surface area contributed by atoms with Crippen molar-refractivity contribution in [2.75, 3.05) is 11.9 Å². The highest BCUT2D eigenvalue weighted by Gasteiger charge is 2.31. The standard InChI is InChI=1S/C25H23FN2O2/c26-20-14-12-18(13-15-20)17-28-16-6-11-23(28)25(30)27-22-10-5-4-9-21(22)24(29)19-7-2-1-3-8-19/h1-5,7-10,12-15,23H,6,11,16-17H2,(H,27,30)/t23-/m0/s1. The zero-order valence-corrected chi connectivity index (χ0v) is 16.6. The van der Waals surface area contributed by atoms with Crippen LogP contribution in [0, 0.1) is 5.82 Å². The summed E-state index contributed by atoms with van der Waals surface area (Å²) in [7, 11) is 0. The molecule has 0 radical (unpaired) electrons. The molecular weight excluding hydrogens is 379 g/mol. The molecule has 0 bridgehead atoms. The molecule has 3 aromatic rings. The highest BCUT2D eigenvalue weighted by atomic mass is 19.1. The van der Waals surface area contributed by atoms with Crippen LogP contribution in [0.5, 0.6) is 0 Å². The fraction of sp³-hybridized carbons (Fsp3) is 0.200. The fourth-order valence-electron chi connectivity index (χ4n) is 3.89. The SMILES string of the molecule is O=C(c1ccccc1)c1ccccc1NC(=O)[C@@H]1CCCN1Cc1ccc(F)cc1. The molecule has 0 aliphatic carbocycles. The van der Waals surface area contributed by atoms with Crippen molar-refractivity contribution in [3.8, 4) is 0 Å². The van der Waals surface area contributed by atoms with E-state index >= 15 is 0 Å². The van der Waals surface area contributed by atoms with Crippen LogP contribution in [-0.2, 0) is 11.3 Å². The first-order valence-corrected chi connectivity index (χ1v) is 10.1. The number of hydrogen-bond donors (Lipinski definition) is 1. The van der Waals surface area contributed by atoms with E-state index in [9.17, 15) is 14.0 Å². The van der Waals surface area contributed by atoms with Crippen LogP contribution in [0.15, 0.2) is 78.9 Å². The van der Waals surface area contributed by atoms with Gasteiger partial charge in [0.1, 0.15) is 5.82 Å². The lowest BCUT2D eigenvalue weighted by molar-refractivity contribution is -0.120. The van der Waals surface area contributed by atoms with E-state index in [4.69, 9.17) is 0 Å². The molecule has 30 heavy (non-hydrogen) atoms. The fourth-order valence-corrected chi connectivity index (χ4v) is 3.89. The van der Waals surface area contributed by atoms with E-state index in [2.05, 4.69) is 10.2 Å². The monoisotopic (exact) mass is 402 g/mol. The third kappa shape index (κ3) is 4.47. The summed E-state index contributed by atoms with van der Waals surface area (Å²) >= 11 is 0. The van der Waals surface area contributed by atoms with Crippen LogP contribution in [-0.4, -0.2) is 29.2 Å². The molecule has 1 amide bonds. The number of nitrogens with zero attached hydrogens (tertiary/aromatic N) is 1. The van der Waals surface area contributed by atoms with Crippen LogP contribution >= 0.6 is 0 Å². The van der Waals surface area contributed by atoms with Crippen LogP contribution < -0.4 is 5.32 Å². The molecule has 1 atom stereocenters. The van der Waals surface area contributed by atoms with Gasteiger partial charge in [-0.15, -0.1) is 0 Å². The van der Waals surface area contributed by atoms with Gasteiger partial charge in [0.05, 0.1) is 11.7 Å². The predicted octanol–water partition coefficient (Wildman–Crippen LogP) is 4.66. The Hall–Kier alpha value is -3.31. The maximum atomic E-state index is 13.2. The molecule has 1 heterocycles. The van der Waals surface area contributed by atoms with Crippen LogP contribution in [0.25, 0.3) is 0 Å². The van der Waals surface area contributed by atoms with E-state index in [1.165, 1.54) is 12.1 Å². The molecule has 1 N–H and O–H groups in total. The molecule has 1 fully saturated rings. The van der Waals surface area contributed by atoms with Crippen LogP contribution in [0.4, 0.5) is 10.1 Å². The Labute approximate surface area is 175 Å². The Balaban J connectivity index is 1.49. The number of carbonyl (C=O) groups is 2. The van der Waals surface area contributed by atoms with Gasteiger partial charge in [0.2, 0.25) is 5.91 Å². The number of benzene rings is 3. The topological polar surface area (TPSA) is 49.4 Å². The van der Waals surface area contributed by atoms with Gasteiger partial charge in [0.15, 0.2) is 5.78 Å². The number of ketones is 1. The molecule has 4 nitrogen and oxygen atoms in total. The number of nitrogens with one attached hydrogen (secondary N) is 1. The van der Waals surface area contributed by atoms with Gasteiger partial charge in [-0.05, 0) is 49.2 Å². The first-order valence-electron chi connectivity index (χ1n) is 10.1. The van der Waals surface area contributed by atoms with Gasteiger partial charge in [0, 0.05) is 17.7 Å². The van der Waals surface area contributed by atoms with Crippen molar-refractivity contribution in [3.63, 3.8) is 0 Å². The molecule has 4 rings (SSSR count). The molecule has 0 unspecified atom stereocenters. The van der Waals surface area contributed by atoms with Gasteiger partial charge in [-0.1, -0.05) is 54.6 Å². The lowest BCUT2D eigenvalue weighted by Gasteiger charge is -2.24. The molecule has 5 heteroatoms. The summed E-state index contributed by atoms with van der Waals surface area (Å²) in [5, 5.41) is 2.97. The minimum Gasteiger partial charge on any atom is -0.324 e. The third-order valence-corrected chi connectivity index (χ3v) is 5.43. The number of rotatable bonds is 6. The van der Waals surface area contributed by atoms with E-state index in [-0.39, 0.29) is 23.5 Å². The minimum absolute atomic E-state index is 0.122.